The fourth-order valence-electron chi connectivity index (χ4n) is 1.50. The van der Waals surface area contributed by atoms with Gasteiger partial charge >= 0.3 is 0 Å². The number of nitrogens with zero attached hydrogens (tertiary/aromatic N) is 1. The fraction of sp³-hybridized carbons (Fsp3) is 0.250. The van der Waals surface area contributed by atoms with E-state index in [4.69, 9.17) is 11.6 Å². The minimum absolute atomic E-state index is 0.122. The quantitative estimate of drug-likeness (QED) is 0.804. The minimum atomic E-state index is 0.122. The van der Waals surface area contributed by atoms with E-state index in [1.165, 1.54) is 0 Å². The summed E-state index contributed by atoms with van der Waals surface area (Å²) >= 11 is 5.90. The number of aromatic nitrogens is 1. The van der Waals surface area contributed by atoms with Gasteiger partial charge in [0.25, 0.3) is 0 Å². The molecule has 0 fully saturated rings. The molecule has 0 aliphatic carbocycles. The Hall–Kier alpha value is -1.28. The van der Waals surface area contributed by atoms with E-state index < -0.39 is 0 Å². The highest BCUT2D eigenvalue weighted by atomic mass is 35.5. The molecule has 0 amide bonds. The fourth-order valence-corrected chi connectivity index (χ4v) is 1.58. The Morgan fingerprint density at radius 3 is 2.93 bits per heavy atom. The normalized spacial score (nSPS) is 12.7. The van der Waals surface area contributed by atoms with Crippen LogP contribution < -0.4 is 5.32 Å². The number of halogens is 1. The smallest absolute Gasteiger partial charge is 0.0722 e. The van der Waals surface area contributed by atoms with Crippen molar-refractivity contribution < 1.29 is 0 Å². The van der Waals surface area contributed by atoms with Crippen LogP contribution in [0.2, 0.25) is 0 Å². The third-order valence-corrected chi connectivity index (χ3v) is 2.38. The molecule has 1 heterocycles. The molecule has 1 aromatic heterocycles. The average Bonchev–Trinajstić information content (AvgIpc) is 2.26. The minimum Gasteiger partial charge on any atom is -0.383 e. The number of fused-ring (bicyclic) bond motifs is 1. The highest BCUT2D eigenvalue weighted by Gasteiger charge is 2.01. The highest BCUT2D eigenvalue weighted by Crippen LogP contribution is 2.20. The third kappa shape index (κ3) is 2.39. The molecule has 1 atom stereocenters. The van der Waals surface area contributed by atoms with E-state index in [1.54, 1.807) is 0 Å². The van der Waals surface area contributed by atoms with Crippen LogP contribution in [0.25, 0.3) is 10.9 Å². The topological polar surface area (TPSA) is 24.9 Å². The molecule has 0 bridgehead atoms. The van der Waals surface area contributed by atoms with Crippen molar-refractivity contribution in [2.75, 3.05) is 11.9 Å². The average molecular weight is 221 g/mol. The van der Waals surface area contributed by atoms with Crippen molar-refractivity contribution in [1.29, 1.82) is 0 Å². The molecule has 2 nitrogen and oxygen atoms in total. The van der Waals surface area contributed by atoms with Crippen molar-refractivity contribution in [3.63, 3.8) is 0 Å². The van der Waals surface area contributed by atoms with Crippen LogP contribution in [-0.4, -0.2) is 16.9 Å². The standard InChI is InChI=1S/C12H13ClN2/c1-9(13)8-15-12-6-7-14-11-5-3-2-4-10(11)12/h2-7,9H,8H2,1H3,(H,14,15). The van der Waals surface area contributed by atoms with Crippen molar-refractivity contribution in [3.8, 4) is 0 Å². The molecule has 78 valence electrons. The first kappa shape index (κ1) is 10.2. The van der Waals surface area contributed by atoms with Gasteiger partial charge in [-0.1, -0.05) is 18.2 Å². The van der Waals surface area contributed by atoms with Crippen molar-refractivity contribution >= 4 is 28.2 Å². The van der Waals surface area contributed by atoms with Crippen molar-refractivity contribution in [3.05, 3.63) is 36.5 Å². The van der Waals surface area contributed by atoms with Gasteiger partial charge in [-0.2, -0.15) is 0 Å². The lowest BCUT2D eigenvalue weighted by molar-refractivity contribution is 0.990. The van der Waals surface area contributed by atoms with Gasteiger partial charge in [0.15, 0.2) is 0 Å². The van der Waals surface area contributed by atoms with Crippen molar-refractivity contribution in [2.45, 2.75) is 12.3 Å². The zero-order valence-electron chi connectivity index (χ0n) is 8.57. The summed E-state index contributed by atoms with van der Waals surface area (Å²) in [6.07, 6.45) is 1.81. The van der Waals surface area contributed by atoms with Gasteiger partial charge in [-0.25, -0.2) is 0 Å². The van der Waals surface area contributed by atoms with Crippen molar-refractivity contribution in [2.24, 2.45) is 0 Å². The Balaban J connectivity index is 2.34. The number of anilines is 1. The summed E-state index contributed by atoms with van der Waals surface area (Å²) in [5.74, 6) is 0. The second-order valence-corrected chi connectivity index (χ2v) is 4.28. The summed E-state index contributed by atoms with van der Waals surface area (Å²) in [5.41, 5.74) is 2.10. The number of pyridine rings is 1. The summed E-state index contributed by atoms with van der Waals surface area (Å²) in [5, 5.41) is 4.57. The first-order valence-electron chi connectivity index (χ1n) is 4.99. The summed E-state index contributed by atoms with van der Waals surface area (Å²) in [6, 6.07) is 10.0. The largest absolute Gasteiger partial charge is 0.383 e. The molecule has 0 spiro atoms. The van der Waals surface area contributed by atoms with Crippen LogP contribution in [0.3, 0.4) is 0 Å². The maximum Gasteiger partial charge on any atom is 0.0722 e. The molecule has 1 aromatic carbocycles. The van der Waals surface area contributed by atoms with E-state index in [1.807, 2.05) is 37.4 Å². The molecule has 0 saturated heterocycles. The maximum absolute atomic E-state index is 5.90. The van der Waals surface area contributed by atoms with Gasteiger partial charge in [0, 0.05) is 29.2 Å². The molecule has 15 heavy (non-hydrogen) atoms. The van der Waals surface area contributed by atoms with Crippen LogP contribution in [0.5, 0.6) is 0 Å². The van der Waals surface area contributed by atoms with E-state index in [0.29, 0.717) is 0 Å². The van der Waals surface area contributed by atoms with Gasteiger partial charge in [0.2, 0.25) is 0 Å². The molecule has 0 radical (unpaired) electrons. The Morgan fingerprint density at radius 1 is 1.33 bits per heavy atom. The number of hydrogen-bond donors (Lipinski definition) is 1. The summed E-state index contributed by atoms with van der Waals surface area (Å²) < 4.78 is 0. The number of para-hydroxylation sites is 1. The van der Waals surface area contributed by atoms with Gasteiger partial charge in [-0.05, 0) is 19.1 Å². The molecule has 0 aliphatic heterocycles. The first-order valence-corrected chi connectivity index (χ1v) is 5.42. The molecule has 1 N–H and O–H groups in total. The van der Waals surface area contributed by atoms with Crippen LogP contribution >= 0.6 is 11.6 Å². The summed E-state index contributed by atoms with van der Waals surface area (Å²) in [7, 11) is 0. The summed E-state index contributed by atoms with van der Waals surface area (Å²) in [6.45, 7) is 2.73. The van der Waals surface area contributed by atoms with Crippen LogP contribution in [-0.2, 0) is 0 Å². The number of hydrogen-bond acceptors (Lipinski definition) is 2. The zero-order chi connectivity index (χ0) is 10.7. The Kier molecular flexibility index (Phi) is 3.07. The maximum atomic E-state index is 5.90. The molecule has 0 saturated carbocycles. The van der Waals surface area contributed by atoms with E-state index in [-0.39, 0.29) is 5.38 Å². The van der Waals surface area contributed by atoms with Crippen LogP contribution in [0.1, 0.15) is 6.92 Å². The third-order valence-electron chi connectivity index (χ3n) is 2.22. The van der Waals surface area contributed by atoms with Crippen LogP contribution in [0.15, 0.2) is 36.5 Å². The summed E-state index contributed by atoms with van der Waals surface area (Å²) in [4.78, 5) is 4.30. The van der Waals surface area contributed by atoms with E-state index in [9.17, 15) is 0 Å². The number of rotatable bonds is 3. The second kappa shape index (κ2) is 4.49. The molecular weight excluding hydrogens is 208 g/mol. The van der Waals surface area contributed by atoms with E-state index in [2.05, 4.69) is 16.4 Å². The van der Waals surface area contributed by atoms with Crippen LogP contribution in [0.4, 0.5) is 5.69 Å². The number of nitrogens with one attached hydrogen (secondary N) is 1. The predicted molar refractivity (Wildman–Crippen MR) is 65.5 cm³/mol. The molecule has 2 aromatic rings. The number of benzene rings is 1. The Morgan fingerprint density at radius 2 is 2.13 bits per heavy atom. The van der Waals surface area contributed by atoms with Crippen molar-refractivity contribution in [1.82, 2.24) is 4.98 Å². The lowest BCUT2D eigenvalue weighted by Crippen LogP contribution is -2.10. The van der Waals surface area contributed by atoms with Gasteiger partial charge in [-0.15, -0.1) is 11.6 Å². The van der Waals surface area contributed by atoms with Crippen LogP contribution in [0, 0.1) is 0 Å². The molecular formula is C12H13ClN2. The first-order chi connectivity index (χ1) is 7.27. The zero-order valence-corrected chi connectivity index (χ0v) is 9.33. The molecule has 2 rings (SSSR count). The SMILES string of the molecule is CC(Cl)CNc1ccnc2ccccc12. The Labute approximate surface area is 94.3 Å². The van der Waals surface area contributed by atoms with E-state index >= 15 is 0 Å². The highest BCUT2D eigenvalue weighted by molar-refractivity contribution is 6.20. The lowest BCUT2D eigenvalue weighted by atomic mass is 10.2. The van der Waals surface area contributed by atoms with Gasteiger partial charge in [0.05, 0.1) is 5.52 Å². The number of alkyl halides is 1. The molecule has 0 aliphatic rings. The van der Waals surface area contributed by atoms with Gasteiger partial charge < -0.3 is 5.32 Å². The molecule has 1 unspecified atom stereocenters. The lowest BCUT2D eigenvalue weighted by Gasteiger charge is -2.09. The second-order valence-electron chi connectivity index (χ2n) is 3.54. The van der Waals surface area contributed by atoms with E-state index in [0.717, 1.165) is 23.1 Å². The van der Waals surface area contributed by atoms with Gasteiger partial charge in [0.1, 0.15) is 0 Å². The van der Waals surface area contributed by atoms with Gasteiger partial charge in [-0.3, -0.25) is 4.98 Å². The predicted octanol–water partition coefficient (Wildman–Crippen LogP) is 3.27. The monoisotopic (exact) mass is 220 g/mol. The Bertz CT molecular complexity index is 449. The molecule has 3 heteroatoms.